The number of morpholine rings is 1. The van der Waals surface area contributed by atoms with Crippen molar-refractivity contribution in [2.24, 2.45) is 0 Å². The van der Waals surface area contributed by atoms with Crippen LogP contribution < -0.4 is 10.6 Å². The predicted molar refractivity (Wildman–Crippen MR) is 152 cm³/mol. The summed E-state index contributed by atoms with van der Waals surface area (Å²) in [6, 6.07) is 8.12. The number of benzene rings is 2. The molecule has 0 bridgehead atoms. The van der Waals surface area contributed by atoms with E-state index in [4.69, 9.17) is 20.4 Å². The van der Waals surface area contributed by atoms with Crippen LogP contribution in [0.4, 0.5) is 10.1 Å². The van der Waals surface area contributed by atoms with Gasteiger partial charge in [-0.3, -0.25) is 14.5 Å². The number of aliphatic hydroxyl groups is 1. The first-order valence-corrected chi connectivity index (χ1v) is 13.2. The van der Waals surface area contributed by atoms with Gasteiger partial charge in [-0.25, -0.2) is 4.39 Å². The number of halogens is 1. The van der Waals surface area contributed by atoms with Crippen LogP contribution in [0.3, 0.4) is 0 Å². The molecule has 210 valence electrons. The summed E-state index contributed by atoms with van der Waals surface area (Å²) in [4.78, 5) is 40.3. The molecule has 2 amide bonds. The molecule has 1 aliphatic rings. The van der Waals surface area contributed by atoms with Gasteiger partial charge >= 0.3 is 0 Å². The zero-order chi connectivity index (χ0) is 29.4. The summed E-state index contributed by atoms with van der Waals surface area (Å²) in [6.07, 6.45) is 0.581. The van der Waals surface area contributed by atoms with Crippen molar-refractivity contribution in [2.45, 2.75) is 50.4 Å². The fourth-order valence-electron chi connectivity index (χ4n) is 4.83. The van der Waals surface area contributed by atoms with Crippen LogP contribution in [0.1, 0.15) is 52.8 Å². The summed E-state index contributed by atoms with van der Waals surface area (Å²) in [5, 5.41) is 15.9. The molecule has 3 N–H and O–H groups in total. The fraction of sp³-hybridized carbons (Fsp3) is 0.464. The summed E-state index contributed by atoms with van der Waals surface area (Å²) in [7, 11) is 14.8. The standard InChI is InChI=1S/C28H35B2FN4O5/c1-18-16-35(11-13-40-18)17-19-8-9-20(22(31)14-19)15-33-23-7-4-6-21(24(23)25(29)37)26(38)34(3)28(30,10-5-12-36)27(39)32-2/h4,6-9,12,14,18,25,33,37H,5,10-11,13,15-17H2,1-3H3,(H,32,39). The monoisotopic (exact) mass is 548 g/mol. The van der Waals surface area contributed by atoms with Gasteiger partial charge in [-0.1, -0.05) is 18.2 Å². The van der Waals surface area contributed by atoms with Gasteiger partial charge < -0.3 is 30.2 Å². The highest BCUT2D eigenvalue weighted by atomic mass is 19.1. The molecule has 1 heterocycles. The summed E-state index contributed by atoms with van der Waals surface area (Å²) < 4.78 is 20.6. The SMILES string of the molecule is [B]C(O)c1c(NCc2ccc(CN3CCOC(C)C3)cc2F)cccc1C(=O)N(C)C([B])(CCC=O)C(=O)NC. The van der Waals surface area contributed by atoms with E-state index < -0.39 is 23.3 Å². The number of aliphatic hydroxyl groups excluding tert-OH is 1. The number of hydrogen-bond donors (Lipinski definition) is 3. The van der Waals surface area contributed by atoms with Crippen molar-refractivity contribution in [2.75, 3.05) is 39.1 Å². The molecular formula is C28H35B2FN4O5. The Balaban J connectivity index is 1.80. The zero-order valence-corrected chi connectivity index (χ0v) is 23.2. The predicted octanol–water partition coefficient (Wildman–Crippen LogP) is 1.48. The van der Waals surface area contributed by atoms with E-state index in [2.05, 4.69) is 15.5 Å². The van der Waals surface area contributed by atoms with Crippen LogP contribution in [0, 0.1) is 5.82 Å². The third kappa shape index (κ3) is 7.30. The maximum absolute atomic E-state index is 15.0. The van der Waals surface area contributed by atoms with E-state index in [1.165, 1.54) is 26.2 Å². The van der Waals surface area contributed by atoms with E-state index in [0.29, 0.717) is 30.7 Å². The largest absolute Gasteiger partial charge is 0.398 e. The highest BCUT2D eigenvalue weighted by Gasteiger charge is 2.39. The normalized spacial score (nSPS) is 17.9. The van der Waals surface area contributed by atoms with E-state index in [-0.39, 0.29) is 42.4 Å². The first-order valence-electron chi connectivity index (χ1n) is 13.2. The molecule has 0 aromatic heterocycles. The van der Waals surface area contributed by atoms with Crippen LogP contribution in [-0.4, -0.2) is 94.0 Å². The quantitative estimate of drug-likeness (QED) is 0.272. The molecule has 1 saturated heterocycles. The molecule has 3 unspecified atom stereocenters. The first kappa shape index (κ1) is 31.3. The van der Waals surface area contributed by atoms with Gasteiger partial charge in [0.1, 0.15) is 27.8 Å². The van der Waals surface area contributed by atoms with Crippen LogP contribution in [0.2, 0.25) is 0 Å². The smallest absolute Gasteiger partial charge is 0.254 e. The molecule has 4 radical (unpaired) electrons. The van der Waals surface area contributed by atoms with E-state index in [0.717, 1.165) is 23.6 Å². The minimum atomic E-state index is -1.82. The number of hydrogen-bond acceptors (Lipinski definition) is 7. The summed E-state index contributed by atoms with van der Waals surface area (Å²) >= 11 is 0. The fourth-order valence-corrected chi connectivity index (χ4v) is 4.83. The molecule has 2 aromatic rings. The number of rotatable bonds is 12. The van der Waals surface area contributed by atoms with Crippen molar-refractivity contribution in [3.63, 3.8) is 0 Å². The van der Waals surface area contributed by atoms with Gasteiger partial charge in [0.2, 0.25) is 5.91 Å². The molecule has 0 spiro atoms. The maximum atomic E-state index is 15.0. The molecular weight excluding hydrogens is 513 g/mol. The lowest BCUT2D eigenvalue weighted by Crippen LogP contribution is -2.59. The lowest BCUT2D eigenvalue weighted by molar-refractivity contribution is -0.127. The highest BCUT2D eigenvalue weighted by Crippen LogP contribution is 2.29. The van der Waals surface area contributed by atoms with Gasteiger partial charge in [0, 0.05) is 75.1 Å². The van der Waals surface area contributed by atoms with E-state index in [9.17, 15) is 19.5 Å². The molecule has 3 rings (SSSR count). The number of amides is 2. The van der Waals surface area contributed by atoms with Crippen LogP contribution in [0.15, 0.2) is 36.4 Å². The topological polar surface area (TPSA) is 111 Å². The van der Waals surface area contributed by atoms with Crippen molar-refractivity contribution in [3.05, 3.63) is 64.5 Å². The van der Waals surface area contributed by atoms with Crippen LogP contribution in [0.5, 0.6) is 0 Å². The highest BCUT2D eigenvalue weighted by molar-refractivity contribution is 6.30. The van der Waals surface area contributed by atoms with Crippen LogP contribution in [0.25, 0.3) is 0 Å². The average Bonchev–Trinajstić information content (AvgIpc) is 2.93. The third-order valence-electron chi connectivity index (χ3n) is 7.12. The lowest BCUT2D eigenvalue weighted by Gasteiger charge is -2.38. The number of anilines is 1. The Morgan fingerprint density at radius 3 is 2.73 bits per heavy atom. The molecule has 12 heteroatoms. The van der Waals surface area contributed by atoms with Crippen molar-refractivity contribution in [3.8, 4) is 0 Å². The van der Waals surface area contributed by atoms with Crippen LogP contribution in [-0.2, 0) is 27.4 Å². The summed E-state index contributed by atoms with van der Waals surface area (Å²) in [5.41, 5.74) is -0.206. The molecule has 9 nitrogen and oxygen atoms in total. The third-order valence-corrected chi connectivity index (χ3v) is 7.12. The zero-order valence-electron chi connectivity index (χ0n) is 23.2. The van der Waals surface area contributed by atoms with E-state index in [1.54, 1.807) is 18.2 Å². The molecule has 0 aliphatic carbocycles. The number of likely N-dealkylation sites (N-methyl/N-ethyl adjacent to an activating group) is 2. The Kier molecular flexibility index (Phi) is 10.9. The second kappa shape index (κ2) is 13.9. The molecule has 3 atom stereocenters. The number of aldehydes is 1. The second-order valence-electron chi connectivity index (χ2n) is 9.98. The number of carbonyl (C=O) groups excluding carboxylic acids is 3. The second-order valence-corrected chi connectivity index (χ2v) is 9.98. The Labute approximate surface area is 237 Å². The number of ether oxygens (including phenoxy) is 1. The molecule has 1 fully saturated rings. The summed E-state index contributed by atoms with van der Waals surface area (Å²) in [5.74, 6) is -1.73. The van der Waals surface area contributed by atoms with Gasteiger partial charge in [-0.15, -0.1) is 0 Å². The van der Waals surface area contributed by atoms with Gasteiger partial charge in [-0.05, 0) is 37.1 Å². The first-order chi connectivity index (χ1) is 19.0. The van der Waals surface area contributed by atoms with Crippen molar-refractivity contribution in [1.29, 1.82) is 0 Å². The number of nitrogens with one attached hydrogen (secondary N) is 2. The van der Waals surface area contributed by atoms with Crippen molar-refractivity contribution in [1.82, 2.24) is 15.1 Å². The van der Waals surface area contributed by atoms with E-state index >= 15 is 4.39 Å². The Morgan fingerprint density at radius 1 is 1.35 bits per heavy atom. The molecule has 0 saturated carbocycles. The molecule has 40 heavy (non-hydrogen) atoms. The Hall–Kier alpha value is -3.21. The van der Waals surface area contributed by atoms with Crippen molar-refractivity contribution < 1.29 is 28.6 Å². The average molecular weight is 548 g/mol. The minimum Gasteiger partial charge on any atom is -0.398 e. The van der Waals surface area contributed by atoms with Gasteiger partial charge in [0.05, 0.1) is 18.1 Å². The van der Waals surface area contributed by atoms with Gasteiger partial charge in [0.25, 0.3) is 5.91 Å². The Bertz CT molecular complexity index is 1220. The van der Waals surface area contributed by atoms with Gasteiger partial charge in [-0.2, -0.15) is 0 Å². The lowest BCUT2D eigenvalue weighted by atomic mass is 9.71. The number of nitrogens with zero attached hydrogens (tertiary/aromatic N) is 2. The molecule has 1 aliphatic heterocycles. The Morgan fingerprint density at radius 2 is 2.10 bits per heavy atom. The summed E-state index contributed by atoms with van der Waals surface area (Å²) in [6.45, 7) is 4.91. The molecule has 2 aromatic carbocycles. The van der Waals surface area contributed by atoms with Gasteiger partial charge in [0.15, 0.2) is 0 Å². The maximum Gasteiger partial charge on any atom is 0.254 e. The van der Waals surface area contributed by atoms with E-state index in [1.807, 2.05) is 13.0 Å². The minimum absolute atomic E-state index is 0.00268. The number of carbonyl (C=O) groups is 3. The van der Waals surface area contributed by atoms with Crippen molar-refractivity contribution >= 4 is 39.5 Å². The van der Waals surface area contributed by atoms with Crippen LogP contribution >= 0.6 is 0 Å².